The molecule has 0 atom stereocenters. The van der Waals surface area contributed by atoms with Crippen LogP contribution in [0.15, 0.2) is 12.3 Å². The molecule has 1 aliphatic heterocycles. The summed E-state index contributed by atoms with van der Waals surface area (Å²) in [4.78, 5) is 14.9. The fraction of sp³-hybridized carbons (Fsp3) is 0.250. The highest BCUT2D eigenvalue weighted by molar-refractivity contribution is 5.94. The maximum absolute atomic E-state index is 10.9. The molecule has 0 radical (unpaired) electrons. The average molecular weight is 164 g/mol. The van der Waals surface area contributed by atoms with Crippen LogP contribution in [0.1, 0.15) is 5.56 Å². The number of nitrogens with zero attached hydrogens (tertiary/aromatic N) is 1. The van der Waals surface area contributed by atoms with Gasteiger partial charge in [-0.3, -0.25) is 4.79 Å². The zero-order valence-electron chi connectivity index (χ0n) is 6.63. The van der Waals surface area contributed by atoms with Crippen molar-refractivity contribution in [2.24, 2.45) is 0 Å². The van der Waals surface area contributed by atoms with Gasteiger partial charge in [0.25, 0.3) is 5.91 Å². The Hall–Kier alpha value is -1.58. The lowest BCUT2D eigenvalue weighted by atomic mass is 10.3. The van der Waals surface area contributed by atoms with E-state index in [4.69, 9.17) is 4.74 Å². The molecule has 1 amide bonds. The molecule has 1 N–H and O–H groups in total. The van der Waals surface area contributed by atoms with E-state index in [1.54, 1.807) is 6.20 Å². The molecule has 0 saturated carbocycles. The molecule has 0 spiro atoms. The predicted molar refractivity (Wildman–Crippen MR) is 43.1 cm³/mol. The smallest absolute Gasteiger partial charge is 0.262 e. The van der Waals surface area contributed by atoms with Crippen molar-refractivity contribution in [3.05, 3.63) is 17.8 Å². The quantitative estimate of drug-likeness (QED) is 0.614. The SMILES string of the molecule is Cc1cnc2c(c1)NC(=O)CO2. The number of aryl methyl sites for hydroxylation is 1. The van der Waals surface area contributed by atoms with E-state index in [0.717, 1.165) is 5.56 Å². The Morgan fingerprint density at radius 1 is 1.67 bits per heavy atom. The zero-order valence-corrected chi connectivity index (χ0v) is 6.63. The van der Waals surface area contributed by atoms with Crippen LogP contribution in [0.25, 0.3) is 0 Å². The van der Waals surface area contributed by atoms with Gasteiger partial charge in [0, 0.05) is 6.20 Å². The fourth-order valence-corrected chi connectivity index (χ4v) is 1.08. The normalized spacial score (nSPS) is 14.6. The van der Waals surface area contributed by atoms with E-state index in [2.05, 4.69) is 10.3 Å². The summed E-state index contributed by atoms with van der Waals surface area (Å²) in [7, 11) is 0. The molecular weight excluding hydrogens is 156 g/mol. The second-order valence-corrected chi connectivity index (χ2v) is 2.70. The first-order valence-corrected chi connectivity index (χ1v) is 3.65. The van der Waals surface area contributed by atoms with Gasteiger partial charge in [-0.2, -0.15) is 0 Å². The van der Waals surface area contributed by atoms with E-state index in [-0.39, 0.29) is 12.5 Å². The Balaban J connectivity index is 2.44. The third-order valence-corrected chi connectivity index (χ3v) is 1.60. The minimum atomic E-state index is -0.130. The average Bonchev–Trinajstić information content (AvgIpc) is 2.03. The molecular formula is C8H8N2O2. The minimum Gasteiger partial charge on any atom is -0.466 e. The molecule has 0 aromatic carbocycles. The highest BCUT2D eigenvalue weighted by atomic mass is 16.5. The van der Waals surface area contributed by atoms with Crippen LogP contribution in [0.2, 0.25) is 0 Å². The molecule has 1 aromatic heterocycles. The van der Waals surface area contributed by atoms with Gasteiger partial charge >= 0.3 is 0 Å². The van der Waals surface area contributed by atoms with Crippen LogP contribution >= 0.6 is 0 Å². The number of rotatable bonds is 0. The van der Waals surface area contributed by atoms with E-state index in [9.17, 15) is 4.79 Å². The summed E-state index contributed by atoms with van der Waals surface area (Å²) in [5.41, 5.74) is 1.66. The van der Waals surface area contributed by atoms with Crippen molar-refractivity contribution >= 4 is 11.6 Å². The van der Waals surface area contributed by atoms with E-state index < -0.39 is 0 Å². The summed E-state index contributed by atoms with van der Waals surface area (Å²) in [5.74, 6) is 0.370. The summed E-state index contributed by atoms with van der Waals surface area (Å²) in [5, 5.41) is 2.67. The maximum Gasteiger partial charge on any atom is 0.262 e. The van der Waals surface area contributed by atoms with Crippen LogP contribution in [-0.2, 0) is 4.79 Å². The lowest BCUT2D eigenvalue weighted by Gasteiger charge is -2.16. The van der Waals surface area contributed by atoms with Crippen LogP contribution in [0.4, 0.5) is 5.69 Å². The van der Waals surface area contributed by atoms with Crippen LogP contribution in [0, 0.1) is 6.92 Å². The van der Waals surface area contributed by atoms with Gasteiger partial charge in [-0.15, -0.1) is 0 Å². The Morgan fingerprint density at radius 2 is 2.50 bits per heavy atom. The highest BCUT2D eigenvalue weighted by Gasteiger charge is 2.16. The van der Waals surface area contributed by atoms with Crippen molar-refractivity contribution in [1.29, 1.82) is 0 Å². The number of ether oxygens (including phenoxy) is 1. The Morgan fingerprint density at radius 3 is 3.33 bits per heavy atom. The van der Waals surface area contributed by atoms with Crippen LogP contribution in [0.5, 0.6) is 5.88 Å². The summed E-state index contributed by atoms with van der Waals surface area (Å²) in [6, 6.07) is 1.83. The van der Waals surface area contributed by atoms with Crippen molar-refractivity contribution in [2.75, 3.05) is 11.9 Å². The predicted octanol–water partition coefficient (Wildman–Crippen LogP) is 0.721. The van der Waals surface area contributed by atoms with Gasteiger partial charge in [0.05, 0.1) is 0 Å². The van der Waals surface area contributed by atoms with E-state index in [0.29, 0.717) is 11.6 Å². The van der Waals surface area contributed by atoms with Gasteiger partial charge in [0.1, 0.15) is 5.69 Å². The van der Waals surface area contributed by atoms with Crippen molar-refractivity contribution in [2.45, 2.75) is 6.92 Å². The molecule has 2 rings (SSSR count). The Labute approximate surface area is 69.6 Å². The third kappa shape index (κ3) is 1.11. The van der Waals surface area contributed by atoms with Crippen molar-refractivity contribution in [3.8, 4) is 5.88 Å². The number of amides is 1. The first kappa shape index (κ1) is 7.09. The zero-order chi connectivity index (χ0) is 8.55. The second kappa shape index (κ2) is 2.48. The maximum atomic E-state index is 10.9. The first-order chi connectivity index (χ1) is 5.75. The van der Waals surface area contributed by atoms with Crippen molar-refractivity contribution in [1.82, 2.24) is 4.98 Å². The van der Waals surface area contributed by atoms with Gasteiger partial charge in [-0.05, 0) is 18.6 Å². The third-order valence-electron chi connectivity index (χ3n) is 1.60. The molecule has 4 nitrogen and oxygen atoms in total. The minimum absolute atomic E-state index is 0.0586. The lowest BCUT2D eigenvalue weighted by Crippen LogP contribution is -2.25. The van der Waals surface area contributed by atoms with Crippen LogP contribution in [-0.4, -0.2) is 17.5 Å². The van der Waals surface area contributed by atoms with E-state index in [1.165, 1.54) is 0 Å². The summed E-state index contributed by atoms with van der Waals surface area (Å²) < 4.78 is 5.07. The Bertz CT molecular complexity index is 336. The molecule has 62 valence electrons. The Kier molecular flexibility index (Phi) is 1.46. The molecule has 0 aliphatic carbocycles. The molecule has 1 aromatic rings. The number of aromatic nitrogens is 1. The number of nitrogens with one attached hydrogen (secondary N) is 1. The van der Waals surface area contributed by atoms with Gasteiger partial charge in [0.2, 0.25) is 5.88 Å². The number of fused-ring (bicyclic) bond motifs is 1. The lowest BCUT2D eigenvalue weighted by molar-refractivity contribution is -0.118. The molecule has 12 heavy (non-hydrogen) atoms. The number of carbonyl (C=O) groups excluding carboxylic acids is 1. The number of hydrogen-bond acceptors (Lipinski definition) is 3. The van der Waals surface area contributed by atoms with Crippen LogP contribution < -0.4 is 10.1 Å². The molecule has 0 bridgehead atoms. The topological polar surface area (TPSA) is 51.2 Å². The van der Waals surface area contributed by atoms with Gasteiger partial charge in [-0.25, -0.2) is 4.98 Å². The number of pyridine rings is 1. The van der Waals surface area contributed by atoms with E-state index in [1.807, 2.05) is 13.0 Å². The molecule has 2 heterocycles. The van der Waals surface area contributed by atoms with Crippen molar-refractivity contribution in [3.63, 3.8) is 0 Å². The summed E-state index contributed by atoms with van der Waals surface area (Å²) in [6.07, 6.45) is 1.70. The summed E-state index contributed by atoms with van der Waals surface area (Å²) >= 11 is 0. The molecule has 4 heteroatoms. The van der Waals surface area contributed by atoms with E-state index >= 15 is 0 Å². The standard InChI is InChI=1S/C8H8N2O2/c1-5-2-6-8(9-3-5)12-4-7(11)10-6/h2-3H,4H2,1H3,(H,10,11). The number of carbonyl (C=O) groups is 1. The fourth-order valence-electron chi connectivity index (χ4n) is 1.08. The monoisotopic (exact) mass is 164 g/mol. The summed E-state index contributed by atoms with van der Waals surface area (Å²) in [6.45, 7) is 1.97. The number of hydrogen-bond donors (Lipinski definition) is 1. The number of anilines is 1. The van der Waals surface area contributed by atoms with Gasteiger partial charge < -0.3 is 10.1 Å². The molecule has 1 aliphatic rings. The highest BCUT2D eigenvalue weighted by Crippen LogP contribution is 2.24. The second-order valence-electron chi connectivity index (χ2n) is 2.70. The van der Waals surface area contributed by atoms with Gasteiger partial charge in [-0.1, -0.05) is 0 Å². The molecule has 0 unspecified atom stereocenters. The molecule has 0 fully saturated rings. The molecule has 0 saturated heterocycles. The largest absolute Gasteiger partial charge is 0.466 e. The van der Waals surface area contributed by atoms with Gasteiger partial charge in [0.15, 0.2) is 6.61 Å². The van der Waals surface area contributed by atoms with Crippen LogP contribution in [0.3, 0.4) is 0 Å². The van der Waals surface area contributed by atoms with Crippen molar-refractivity contribution < 1.29 is 9.53 Å². The first-order valence-electron chi connectivity index (χ1n) is 3.65.